The lowest BCUT2D eigenvalue weighted by Gasteiger charge is -2.28. The zero-order chi connectivity index (χ0) is 28.2. The summed E-state index contributed by atoms with van der Waals surface area (Å²) in [5.74, 6) is 0.105. The van der Waals surface area contributed by atoms with Crippen molar-refractivity contribution in [1.82, 2.24) is 0 Å². The molecule has 0 bridgehead atoms. The van der Waals surface area contributed by atoms with E-state index in [4.69, 9.17) is 0 Å². The van der Waals surface area contributed by atoms with Crippen molar-refractivity contribution in [2.24, 2.45) is 0 Å². The van der Waals surface area contributed by atoms with Gasteiger partial charge in [0.15, 0.2) is 0 Å². The first-order valence-corrected chi connectivity index (χ1v) is 14.5. The van der Waals surface area contributed by atoms with Crippen LogP contribution in [0.4, 0.5) is 11.4 Å². The predicted molar refractivity (Wildman–Crippen MR) is 170 cm³/mol. The van der Waals surface area contributed by atoms with E-state index in [0.717, 1.165) is 33.6 Å². The summed E-state index contributed by atoms with van der Waals surface area (Å²) in [6.45, 7) is 0. The molecule has 0 saturated carbocycles. The van der Waals surface area contributed by atoms with Crippen molar-refractivity contribution in [3.05, 3.63) is 144 Å². The lowest BCUT2D eigenvalue weighted by atomic mass is 9.81. The van der Waals surface area contributed by atoms with Crippen LogP contribution in [0.15, 0.2) is 121 Å². The topological polar surface area (TPSA) is 58.2 Å². The molecule has 0 spiro atoms. The third-order valence-electron chi connectivity index (χ3n) is 8.92. The van der Waals surface area contributed by atoms with Crippen LogP contribution in [0.5, 0.6) is 0 Å². The quantitative estimate of drug-likeness (QED) is 0.234. The highest BCUT2D eigenvalue weighted by Crippen LogP contribution is 2.43. The van der Waals surface area contributed by atoms with E-state index in [-0.39, 0.29) is 23.7 Å². The molecule has 202 valence electrons. The van der Waals surface area contributed by atoms with Gasteiger partial charge in [-0.15, -0.1) is 0 Å². The van der Waals surface area contributed by atoms with E-state index >= 15 is 0 Å². The van der Waals surface area contributed by atoms with E-state index in [1.807, 2.05) is 12.1 Å². The lowest BCUT2D eigenvalue weighted by Crippen LogP contribution is -2.23. The fourth-order valence-electron chi connectivity index (χ4n) is 6.92. The average Bonchev–Trinajstić information content (AvgIpc) is 3.03. The Bertz CT molecular complexity index is 1880. The third kappa shape index (κ3) is 4.07. The summed E-state index contributed by atoms with van der Waals surface area (Å²) in [4.78, 5) is 25.3. The van der Waals surface area contributed by atoms with Crippen molar-refractivity contribution in [3.63, 3.8) is 0 Å². The Morgan fingerprint density at radius 2 is 0.857 bits per heavy atom. The minimum Gasteiger partial charge on any atom is -0.326 e. The third-order valence-corrected chi connectivity index (χ3v) is 8.92. The molecular weight excluding hydrogens is 516 g/mol. The van der Waals surface area contributed by atoms with E-state index in [0.29, 0.717) is 12.8 Å². The van der Waals surface area contributed by atoms with Gasteiger partial charge in [-0.3, -0.25) is 9.59 Å². The van der Waals surface area contributed by atoms with Crippen LogP contribution < -0.4 is 10.6 Å². The van der Waals surface area contributed by atoms with Gasteiger partial charge in [0.1, 0.15) is 0 Å². The largest absolute Gasteiger partial charge is 0.326 e. The molecule has 2 atom stereocenters. The van der Waals surface area contributed by atoms with Crippen LogP contribution in [-0.2, 0) is 9.59 Å². The molecule has 42 heavy (non-hydrogen) atoms. The Kier molecular flexibility index (Phi) is 5.68. The standard InChI is InChI=1S/C38H28N2O2/c41-35-21-31(37-29-7-3-1-5-25(29)17-19-33(37)39-35)27-13-9-23(10-14-27)24-11-15-28(16-12-24)32-22-36(42)40-34-20-18-26-6-2-4-8-30(26)38(32)34/h1-20,31-32H,21-22H2,(H,39,41)(H,40,42)/t31-,32-/m1/s1. The summed E-state index contributed by atoms with van der Waals surface area (Å²) < 4.78 is 0. The van der Waals surface area contributed by atoms with Gasteiger partial charge in [-0.1, -0.05) is 109 Å². The summed E-state index contributed by atoms with van der Waals surface area (Å²) >= 11 is 0. The van der Waals surface area contributed by atoms with E-state index in [1.54, 1.807) is 0 Å². The molecule has 2 N–H and O–H groups in total. The van der Waals surface area contributed by atoms with Crippen LogP contribution in [0.3, 0.4) is 0 Å². The van der Waals surface area contributed by atoms with Crippen LogP contribution >= 0.6 is 0 Å². The van der Waals surface area contributed by atoms with Crippen molar-refractivity contribution < 1.29 is 9.59 Å². The minimum atomic E-state index is 0.00335. The Labute approximate surface area is 244 Å². The maximum atomic E-state index is 12.6. The van der Waals surface area contributed by atoms with Crippen molar-refractivity contribution in [2.45, 2.75) is 24.7 Å². The second-order valence-electron chi connectivity index (χ2n) is 11.3. The van der Waals surface area contributed by atoms with Gasteiger partial charge in [0.05, 0.1) is 0 Å². The number of carbonyl (C=O) groups is 2. The molecular formula is C38H28N2O2. The molecule has 2 amide bonds. The molecule has 6 aromatic carbocycles. The number of hydrogen-bond donors (Lipinski definition) is 2. The van der Waals surface area contributed by atoms with Crippen LogP contribution in [0.25, 0.3) is 32.7 Å². The first-order chi connectivity index (χ1) is 20.6. The number of benzene rings is 6. The van der Waals surface area contributed by atoms with E-state index in [9.17, 15) is 9.59 Å². The number of rotatable bonds is 3. The van der Waals surface area contributed by atoms with Crippen LogP contribution in [0.1, 0.15) is 46.9 Å². The maximum Gasteiger partial charge on any atom is 0.225 e. The van der Waals surface area contributed by atoms with E-state index < -0.39 is 0 Å². The van der Waals surface area contributed by atoms with Gasteiger partial charge in [-0.2, -0.15) is 0 Å². The summed E-state index contributed by atoms with van der Waals surface area (Å²) in [7, 11) is 0. The average molecular weight is 545 g/mol. The van der Waals surface area contributed by atoms with Gasteiger partial charge in [-0.05, 0) is 67.1 Å². The van der Waals surface area contributed by atoms with Gasteiger partial charge >= 0.3 is 0 Å². The monoisotopic (exact) mass is 544 g/mol. The number of fused-ring (bicyclic) bond motifs is 6. The number of anilines is 2. The molecule has 2 aliphatic heterocycles. The number of hydrogen-bond acceptors (Lipinski definition) is 2. The fraction of sp³-hybridized carbons (Fsp3) is 0.105. The minimum absolute atomic E-state index is 0.00335. The molecule has 0 unspecified atom stereocenters. The summed E-state index contributed by atoms with van der Waals surface area (Å²) in [5, 5.41) is 10.9. The second kappa shape index (κ2) is 9.71. The molecule has 6 aromatic rings. The summed E-state index contributed by atoms with van der Waals surface area (Å²) in [6.07, 6.45) is 0.861. The molecule has 4 heteroatoms. The Morgan fingerprint density at radius 1 is 0.452 bits per heavy atom. The lowest BCUT2D eigenvalue weighted by molar-refractivity contribution is -0.117. The Morgan fingerprint density at radius 3 is 1.29 bits per heavy atom. The Balaban J connectivity index is 1.12. The summed E-state index contributed by atoms with van der Waals surface area (Å²) in [6, 6.07) is 42.2. The van der Waals surface area contributed by atoms with Crippen molar-refractivity contribution in [2.75, 3.05) is 10.6 Å². The zero-order valence-corrected chi connectivity index (χ0v) is 22.9. The maximum absolute atomic E-state index is 12.6. The normalized spacial score (nSPS) is 17.8. The number of amides is 2. The second-order valence-corrected chi connectivity index (χ2v) is 11.3. The number of carbonyl (C=O) groups excluding carboxylic acids is 2. The van der Waals surface area contributed by atoms with Gasteiger partial charge in [0, 0.05) is 36.1 Å². The van der Waals surface area contributed by atoms with Crippen molar-refractivity contribution in [1.29, 1.82) is 0 Å². The van der Waals surface area contributed by atoms with E-state index in [1.165, 1.54) is 32.7 Å². The molecule has 2 heterocycles. The van der Waals surface area contributed by atoms with Crippen LogP contribution in [0.2, 0.25) is 0 Å². The Hall–Kier alpha value is -5.22. The highest BCUT2D eigenvalue weighted by atomic mass is 16.2. The molecule has 2 aliphatic rings. The molecule has 0 saturated heterocycles. The predicted octanol–water partition coefficient (Wildman–Crippen LogP) is 8.61. The summed E-state index contributed by atoms with van der Waals surface area (Å²) in [5.41, 5.74) is 8.70. The van der Waals surface area contributed by atoms with Crippen LogP contribution in [0, 0.1) is 0 Å². The fourth-order valence-corrected chi connectivity index (χ4v) is 6.92. The molecule has 0 fully saturated rings. The van der Waals surface area contributed by atoms with Crippen molar-refractivity contribution in [3.8, 4) is 11.1 Å². The van der Waals surface area contributed by atoms with Gasteiger partial charge in [0.25, 0.3) is 0 Å². The first kappa shape index (κ1) is 24.6. The smallest absolute Gasteiger partial charge is 0.225 e. The highest BCUT2D eigenvalue weighted by molar-refractivity contribution is 6.02. The molecule has 4 nitrogen and oxygen atoms in total. The SMILES string of the molecule is O=C1C[C@H](c2ccc(-c3ccc([C@H]4CC(=O)Nc5ccc6ccccc6c54)cc3)cc2)c2c(ccc3ccccc23)N1. The van der Waals surface area contributed by atoms with Crippen molar-refractivity contribution >= 4 is 44.7 Å². The first-order valence-electron chi connectivity index (χ1n) is 14.5. The molecule has 0 aromatic heterocycles. The van der Waals surface area contributed by atoms with Gasteiger partial charge in [0.2, 0.25) is 11.8 Å². The molecule has 8 rings (SSSR count). The highest BCUT2D eigenvalue weighted by Gasteiger charge is 2.29. The van der Waals surface area contributed by atoms with E-state index in [2.05, 4.69) is 120 Å². The zero-order valence-electron chi connectivity index (χ0n) is 22.9. The molecule has 0 aliphatic carbocycles. The molecule has 0 radical (unpaired) electrons. The van der Waals surface area contributed by atoms with Gasteiger partial charge in [-0.25, -0.2) is 0 Å². The number of nitrogens with one attached hydrogen (secondary N) is 2. The van der Waals surface area contributed by atoms with Gasteiger partial charge < -0.3 is 10.6 Å². The van der Waals surface area contributed by atoms with Crippen LogP contribution in [-0.4, -0.2) is 11.8 Å².